The van der Waals surface area contributed by atoms with E-state index in [9.17, 15) is 4.39 Å². The van der Waals surface area contributed by atoms with Crippen LogP contribution in [0.4, 0.5) is 4.39 Å². The van der Waals surface area contributed by atoms with Crippen molar-refractivity contribution in [3.63, 3.8) is 0 Å². The van der Waals surface area contributed by atoms with Crippen molar-refractivity contribution >= 4 is 0 Å². The van der Waals surface area contributed by atoms with Crippen LogP contribution >= 0.6 is 0 Å². The summed E-state index contributed by atoms with van der Waals surface area (Å²) in [6.07, 6.45) is 1.70. The standard InChI is InChI=1S/C12H18FN/c1-9-4-5-10(8-11(9)13)6-7-12(2,3)14/h4-5,8H,6-7,14H2,1-3H3. The molecule has 0 saturated carbocycles. The van der Waals surface area contributed by atoms with Gasteiger partial charge in [-0.15, -0.1) is 0 Å². The predicted octanol–water partition coefficient (Wildman–Crippen LogP) is 2.80. The van der Waals surface area contributed by atoms with E-state index in [2.05, 4.69) is 0 Å². The fourth-order valence-electron chi connectivity index (χ4n) is 1.26. The van der Waals surface area contributed by atoms with E-state index in [-0.39, 0.29) is 11.4 Å². The highest BCUT2D eigenvalue weighted by Crippen LogP contribution is 2.14. The Hall–Kier alpha value is -0.890. The zero-order valence-electron chi connectivity index (χ0n) is 9.10. The van der Waals surface area contributed by atoms with Gasteiger partial charge in [-0.3, -0.25) is 0 Å². The number of aryl methyl sites for hydroxylation is 2. The molecule has 0 aliphatic heterocycles. The Bertz CT molecular complexity index is 313. The number of rotatable bonds is 3. The third-order valence-electron chi connectivity index (χ3n) is 2.29. The molecular formula is C12H18FN. The van der Waals surface area contributed by atoms with E-state index in [1.54, 1.807) is 13.0 Å². The Labute approximate surface area is 85.1 Å². The molecule has 2 heteroatoms. The summed E-state index contributed by atoms with van der Waals surface area (Å²) in [4.78, 5) is 0. The maximum absolute atomic E-state index is 13.2. The van der Waals surface area contributed by atoms with Crippen LogP contribution in [0.1, 0.15) is 31.4 Å². The van der Waals surface area contributed by atoms with Gasteiger partial charge in [0.1, 0.15) is 5.82 Å². The third kappa shape index (κ3) is 3.46. The van der Waals surface area contributed by atoms with E-state index in [0.717, 1.165) is 18.4 Å². The van der Waals surface area contributed by atoms with Crippen LogP contribution in [0.5, 0.6) is 0 Å². The Morgan fingerprint density at radius 1 is 1.36 bits per heavy atom. The molecule has 0 aromatic heterocycles. The number of hydrogen-bond acceptors (Lipinski definition) is 1. The Balaban J connectivity index is 2.65. The minimum absolute atomic E-state index is 0.127. The summed E-state index contributed by atoms with van der Waals surface area (Å²) in [6, 6.07) is 5.37. The van der Waals surface area contributed by atoms with Gasteiger partial charge in [0.05, 0.1) is 0 Å². The summed E-state index contributed by atoms with van der Waals surface area (Å²) in [6.45, 7) is 5.74. The fourth-order valence-corrected chi connectivity index (χ4v) is 1.26. The van der Waals surface area contributed by atoms with E-state index < -0.39 is 0 Å². The van der Waals surface area contributed by atoms with Crippen molar-refractivity contribution in [1.82, 2.24) is 0 Å². The molecule has 1 aromatic rings. The quantitative estimate of drug-likeness (QED) is 0.788. The first kappa shape index (κ1) is 11.2. The minimum atomic E-state index is -0.179. The number of nitrogens with two attached hydrogens (primary N) is 1. The number of benzene rings is 1. The van der Waals surface area contributed by atoms with Crippen LogP contribution in [0.15, 0.2) is 18.2 Å². The van der Waals surface area contributed by atoms with E-state index in [1.165, 1.54) is 0 Å². The highest BCUT2D eigenvalue weighted by atomic mass is 19.1. The molecule has 0 spiro atoms. The fraction of sp³-hybridized carbons (Fsp3) is 0.500. The van der Waals surface area contributed by atoms with Gasteiger partial charge in [0.25, 0.3) is 0 Å². The highest BCUT2D eigenvalue weighted by Gasteiger charge is 2.10. The van der Waals surface area contributed by atoms with Gasteiger partial charge in [-0.25, -0.2) is 4.39 Å². The van der Waals surface area contributed by atoms with Gasteiger partial charge in [0.2, 0.25) is 0 Å². The first-order chi connectivity index (χ1) is 6.38. The van der Waals surface area contributed by atoms with Crippen molar-refractivity contribution in [2.45, 2.75) is 39.2 Å². The molecule has 0 radical (unpaired) electrons. The monoisotopic (exact) mass is 195 g/mol. The molecule has 0 unspecified atom stereocenters. The van der Waals surface area contributed by atoms with Gasteiger partial charge in [0, 0.05) is 5.54 Å². The molecule has 78 valence electrons. The lowest BCUT2D eigenvalue weighted by Crippen LogP contribution is -2.32. The third-order valence-corrected chi connectivity index (χ3v) is 2.29. The average Bonchev–Trinajstić information content (AvgIpc) is 2.06. The maximum atomic E-state index is 13.2. The first-order valence-electron chi connectivity index (χ1n) is 4.92. The van der Waals surface area contributed by atoms with Crippen molar-refractivity contribution in [1.29, 1.82) is 0 Å². The molecule has 14 heavy (non-hydrogen) atoms. The lowest BCUT2D eigenvalue weighted by Gasteiger charge is -2.18. The van der Waals surface area contributed by atoms with Gasteiger partial charge >= 0.3 is 0 Å². The van der Waals surface area contributed by atoms with Gasteiger partial charge in [-0.1, -0.05) is 12.1 Å². The molecule has 0 fully saturated rings. The van der Waals surface area contributed by atoms with E-state index in [1.807, 2.05) is 26.0 Å². The lowest BCUT2D eigenvalue weighted by molar-refractivity contribution is 0.476. The van der Waals surface area contributed by atoms with Crippen LogP contribution in [-0.4, -0.2) is 5.54 Å². The SMILES string of the molecule is Cc1ccc(CCC(C)(C)N)cc1F. The van der Waals surface area contributed by atoms with Crippen LogP contribution in [0.3, 0.4) is 0 Å². The molecule has 1 nitrogen and oxygen atoms in total. The second kappa shape index (κ2) is 4.09. The molecule has 0 amide bonds. The number of halogens is 1. The molecule has 0 aliphatic rings. The highest BCUT2D eigenvalue weighted by molar-refractivity contribution is 5.23. The normalized spacial score (nSPS) is 11.8. The summed E-state index contributed by atoms with van der Waals surface area (Å²) >= 11 is 0. The summed E-state index contributed by atoms with van der Waals surface area (Å²) in [5.74, 6) is -0.127. The molecule has 1 rings (SSSR count). The zero-order chi connectivity index (χ0) is 10.8. The molecule has 0 bridgehead atoms. The zero-order valence-corrected chi connectivity index (χ0v) is 9.10. The van der Waals surface area contributed by atoms with Gasteiger partial charge in [0.15, 0.2) is 0 Å². The second-order valence-electron chi connectivity index (χ2n) is 4.57. The van der Waals surface area contributed by atoms with Gasteiger partial charge < -0.3 is 5.73 Å². The minimum Gasteiger partial charge on any atom is -0.326 e. The van der Waals surface area contributed by atoms with Crippen LogP contribution in [0.25, 0.3) is 0 Å². The largest absolute Gasteiger partial charge is 0.326 e. The van der Waals surface area contributed by atoms with Gasteiger partial charge in [-0.05, 0) is 50.8 Å². The summed E-state index contributed by atoms with van der Waals surface area (Å²) in [5, 5.41) is 0. The van der Waals surface area contributed by atoms with Crippen LogP contribution in [-0.2, 0) is 6.42 Å². The smallest absolute Gasteiger partial charge is 0.126 e. The van der Waals surface area contributed by atoms with Crippen LogP contribution in [0, 0.1) is 12.7 Å². The molecule has 0 heterocycles. The Morgan fingerprint density at radius 2 is 2.00 bits per heavy atom. The van der Waals surface area contributed by atoms with E-state index >= 15 is 0 Å². The molecule has 2 N–H and O–H groups in total. The Kier molecular flexibility index (Phi) is 3.27. The first-order valence-corrected chi connectivity index (χ1v) is 4.92. The maximum Gasteiger partial charge on any atom is 0.126 e. The van der Waals surface area contributed by atoms with Crippen molar-refractivity contribution in [2.24, 2.45) is 5.73 Å². The van der Waals surface area contributed by atoms with Crippen molar-refractivity contribution in [3.8, 4) is 0 Å². The van der Waals surface area contributed by atoms with Gasteiger partial charge in [-0.2, -0.15) is 0 Å². The molecule has 0 saturated heterocycles. The molecule has 0 aliphatic carbocycles. The van der Waals surface area contributed by atoms with Crippen LogP contribution < -0.4 is 5.73 Å². The summed E-state index contributed by atoms with van der Waals surface area (Å²) in [5.41, 5.74) is 7.39. The van der Waals surface area contributed by atoms with E-state index in [0.29, 0.717) is 5.56 Å². The predicted molar refractivity (Wildman–Crippen MR) is 57.7 cm³/mol. The van der Waals surface area contributed by atoms with E-state index in [4.69, 9.17) is 5.73 Å². The molecule has 0 atom stereocenters. The second-order valence-corrected chi connectivity index (χ2v) is 4.57. The van der Waals surface area contributed by atoms with Crippen LogP contribution in [0.2, 0.25) is 0 Å². The molecular weight excluding hydrogens is 177 g/mol. The summed E-state index contributed by atoms with van der Waals surface area (Å²) in [7, 11) is 0. The Morgan fingerprint density at radius 3 is 2.50 bits per heavy atom. The van der Waals surface area contributed by atoms with Crippen molar-refractivity contribution in [2.75, 3.05) is 0 Å². The lowest BCUT2D eigenvalue weighted by atomic mass is 9.96. The topological polar surface area (TPSA) is 26.0 Å². The number of hydrogen-bond donors (Lipinski definition) is 1. The summed E-state index contributed by atoms with van der Waals surface area (Å²) < 4.78 is 13.2. The van der Waals surface area contributed by atoms with Crippen molar-refractivity contribution < 1.29 is 4.39 Å². The van der Waals surface area contributed by atoms with Crippen molar-refractivity contribution in [3.05, 3.63) is 35.1 Å². The average molecular weight is 195 g/mol. The molecule has 1 aromatic carbocycles.